The molecule has 3 aliphatic rings. The van der Waals surface area contributed by atoms with Gasteiger partial charge in [0.25, 0.3) is 5.91 Å². The van der Waals surface area contributed by atoms with Gasteiger partial charge in [-0.15, -0.1) is 0 Å². The Morgan fingerprint density at radius 2 is 2.07 bits per heavy atom. The minimum atomic E-state index is 0.0495. The Kier molecular flexibility index (Phi) is 5.85. The molecule has 4 heterocycles. The zero-order valence-electron chi connectivity index (χ0n) is 16.1. The number of hydrogen-bond donors (Lipinski definition) is 1. The van der Waals surface area contributed by atoms with Gasteiger partial charge in [-0.1, -0.05) is 0 Å². The number of nitrogens with zero attached hydrogens (tertiary/aromatic N) is 4. The lowest BCUT2D eigenvalue weighted by atomic mass is 10.0. The van der Waals surface area contributed by atoms with Crippen molar-refractivity contribution in [3.63, 3.8) is 0 Å². The van der Waals surface area contributed by atoms with Crippen molar-refractivity contribution in [2.45, 2.75) is 38.3 Å². The molecule has 1 amide bonds. The van der Waals surface area contributed by atoms with Crippen molar-refractivity contribution in [2.75, 3.05) is 58.4 Å². The van der Waals surface area contributed by atoms with Gasteiger partial charge in [-0.25, -0.2) is 9.97 Å². The predicted octanol–water partition coefficient (Wildman–Crippen LogP) is 0.918. The molecule has 148 valence electrons. The molecule has 8 nitrogen and oxygen atoms in total. The average molecular weight is 375 g/mol. The SMILES string of the molecule is CNc1nc2c(c(C(=O)N3CCCC3)n1)CN(CCC1COCCO1)CC2. The summed E-state index contributed by atoms with van der Waals surface area (Å²) in [6.07, 6.45) is 4.12. The second-order valence-electron chi connectivity index (χ2n) is 7.45. The van der Waals surface area contributed by atoms with Crippen LogP contribution in [0.15, 0.2) is 0 Å². The van der Waals surface area contributed by atoms with Gasteiger partial charge in [0.1, 0.15) is 5.69 Å². The maximum atomic E-state index is 13.1. The Hall–Kier alpha value is -1.77. The smallest absolute Gasteiger partial charge is 0.273 e. The molecule has 0 aliphatic carbocycles. The minimum absolute atomic E-state index is 0.0495. The quantitative estimate of drug-likeness (QED) is 0.820. The fraction of sp³-hybridized carbons (Fsp3) is 0.737. The normalized spacial score (nSPS) is 23.3. The van der Waals surface area contributed by atoms with Crippen LogP contribution >= 0.6 is 0 Å². The van der Waals surface area contributed by atoms with E-state index in [-0.39, 0.29) is 12.0 Å². The van der Waals surface area contributed by atoms with E-state index in [1.54, 1.807) is 7.05 Å². The first-order valence-electron chi connectivity index (χ1n) is 10.0. The molecule has 1 N–H and O–H groups in total. The minimum Gasteiger partial charge on any atom is -0.376 e. The fourth-order valence-corrected chi connectivity index (χ4v) is 4.05. The van der Waals surface area contributed by atoms with E-state index in [4.69, 9.17) is 9.47 Å². The molecule has 27 heavy (non-hydrogen) atoms. The molecule has 1 aromatic heterocycles. The molecule has 0 radical (unpaired) electrons. The molecule has 1 atom stereocenters. The Labute approximate surface area is 160 Å². The van der Waals surface area contributed by atoms with Crippen LogP contribution in [0.3, 0.4) is 0 Å². The number of ether oxygens (including phenoxy) is 2. The van der Waals surface area contributed by atoms with Crippen molar-refractivity contribution in [1.29, 1.82) is 0 Å². The molecule has 0 aromatic carbocycles. The van der Waals surface area contributed by atoms with Crippen LogP contribution < -0.4 is 5.32 Å². The lowest BCUT2D eigenvalue weighted by molar-refractivity contribution is -0.0929. The van der Waals surface area contributed by atoms with Gasteiger partial charge in [0.2, 0.25) is 5.95 Å². The molecule has 1 aromatic rings. The monoisotopic (exact) mass is 375 g/mol. The Bertz CT molecular complexity index is 672. The standard InChI is InChI=1S/C19H29N5O3/c1-20-19-21-16-5-9-23(8-4-14-13-26-10-11-27-14)12-15(16)17(22-19)18(25)24-6-2-3-7-24/h14H,2-13H2,1H3,(H,20,21,22). The van der Waals surface area contributed by atoms with Gasteiger partial charge >= 0.3 is 0 Å². The van der Waals surface area contributed by atoms with E-state index < -0.39 is 0 Å². The van der Waals surface area contributed by atoms with Crippen LogP contribution in [-0.4, -0.2) is 84.8 Å². The number of aromatic nitrogens is 2. The first-order valence-corrected chi connectivity index (χ1v) is 10.0. The summed E-state index contributed by atoms with van der Waals surface area (Å²) in [4.78, 5) is 26.5. The van der Waals surface area contributed by atoms with Crippen molar-refractivity contribution in [2.24, 2.45) is 0 Å². The predicted molar refractivity (Wildman–Crippen MR) is 101 cm³/mol. The Morgan fingerprint density at radius 1 is 1.22 bits per heavy atom. The van der Waals surface area contributed by atoms with Crippen LogP contribution in [0, 0.1) is 0 Å². The summed E-state index contributed by atoms with van der Waals surface area (Å²) in [5.74, 6) is 0.589. The number of amides is 1. The Morgan fingerprint density at radius 3 is 2.81 bits per heavy atom. The van der Waals surface area contributed by atoms with Crippen LogP contribution in [-0.2, 0) is 22.4 Å². The fourth-order valence-electron chi connectivity index (χ4n) is 4.05. The second kappa shape index (κ2) is 8.50. The van der Waals surface area contributed by atoms with Crippen molar-refractivity contribution in [1.82, 2.24) is 19.8 Å². The number of anilines is 1. The summed E-state index contributed by atoms with van der Waals surface area (Å²) in [5, 5.41) is 3.01. The maximum Gasteiger partial charge on any atom is 0.273 e. The highest BCUT2D eigenvalue weighted by atomic mass is 16.6. The summed E-state index contributed by atoms with van der Waals surface area (Å²) >= 11 is 0. The van der Waals surface area contributed by atoms with Gasteiger partial charge in [-0.05, 0) is 19.3 Å². The number of carbonyl (C=O) groups is 1. The first-order chi connectivity index (χ1) is 13.2. The lowest BCUT2D eigenvalue weighted by Crippen LogP contribution is -2.38. The maximum absolute atomic E-state index is 13.1. The van der Waals surface area contributed by atoms with Crippen molar-refractivity contribution < 1.29 is 14.3 Å². The van der Waals surface area contributed by atoms with Crippen molar-refractivity contribution in [3.05, 3.63) is 17.0 Å². The lowest BCUT2D eigenvalue weighted by Gasteiger charge is -2.31. The number of likely N-dealkylation sites (tertiary alicyclic amines) is 1. The third kappa shape index (κ3) is 4.23. The van der Waals surface area contributed by atoms with Gasteiger partial charge in [-0.2, -0.15) is 0 Å². The van der Waals surface area contributed by atoms with E-state index in [0.29, 0.717) is 31.5 Å². The average Bonchev–Trinajstić information content (AvgIpc) is 3.26. The van der Waals surface area contributed by atoms with Crippen molar-refractivity contribution >= 4 is 11.9 Å². The number of fused-ring (bicyclic) bond motifs is 1. The first kappa shape index (κ1) is 18.6. The summed E-state index contributed by atoms with van der Waals surface area (Å²) in [5.41, 5.74) is 2.58. The second-order valence-corrected chi connectivity index (χ2v) is 7.45. The van der Waals surface area contributed by atoms with Crippen LogP contribution in [0.2, 0.25) is 0 Å². The molecule has 4 rings (SSSR count). The Balaban J connectivity index is 1.49. The van der Waals surface area contributed by atoms with Gasteiger partial charge in [0.05, 0.1) is 31.6 Å². The number of rotatable bonds is 5. The topological polar surface area (TPSA) is 79.8 Å². The van der Waals surface area contributed by atoms with Crippen LogP contribution in [0.25, 0.3) is 0 Å². The molecule has 0 saturated carbocycles. The zero-order valence-corrected chi connectivity index (χ0v) is 16.1. The number of nitrogens with one attached hydrogen (secondary N) is 1. The highest BCUT2D eigenvalue weighted by Gasteiger charge is 2.29. The largest absolute Gasteiger partial charge is 0.376 e. The van der Waals surface area contributed by atoms with Crippen LogP contribution in [0.1, 0.15) is 41.0 Å². The molecule has 2 saturated heterocycles. The molecular formula is C19H29N5O3. The van der Waals surface area contributed by atoms with E-state index in [0.717, 1.165) is 69.7 Å². The molecule has 8 heteroatoms. The summed E-state index contributed by atoms with van der Waals surface area (Å²) in [7, 11) is 1.80. The molecule has 0 bridgehead atoms. The van der Waals surface area contributed by atoms with Crippen LogP contribution in [0.4, 0.5) is 5.95 Å². The van der Waals surface area contributed by atoms with Gasteiger partial charge in [0.15, 0.2) is 0 Å². The molecule has 0 spiro atoms. The summed E-state index contributed by atoms with van der Waals surface area (Å²) < 4.78 is 11.2. The van der Waals surface area contributed by atoms with Gasteiger partial charge in [0, 0.05) is 51.8 Å². The highest BCUT2D eigenvalue weighted by molar-refractivity contribution is 5.94. The molecule has 3 aliphatic heterocycles. The summed E-state index contributed by atoms with van der Waals surface area (Å²) in [6, 6.07) is 0. The van der Waals surface area contributed by atoms with Gasteiger partial charge in [-0.3, -0.25) is 9.69 Å². The van der Waals surface area contributed by atoms with E-state index in [1.807, 2.05) is 4.90 Å². The number of hydrogen-bond acceptors (Lipinski definition) is 7. The van der Waals surface area contributed by atoms with E-state index in [9.17, 15) is 4.79 Å². The highest BCUT2D eigenvalue weighted by Crippen LogP contribution is 2.24. The number of carbonyl (C=O) groups excluding carboxylic acids is 1. The summed E-state index contributed by atoms with van der Waals surface area (Å²) in [6.45, 7) is 6.31. The van der Waals surface area contributed by atoms with E-state index in [2.05, 4.69) is 20.2 Å². The third-order valence-corrected chi connectivity index (χ3v) is 5.61. The van der Waals surface area contributed by atoms with Crippen molar-refractivity contribution in [3.8, 4) is 0 Å². The van der Waals surface area contributed by atoms with E-state index >= 15 is 0 Å². The van der Waals surface area contributed by atoms with Crippen LogP contribution in [0.5, 0.6) is 0 Å². The third-order valence-electron chi connectivity index (χ3n) is 5.61. The molecule has 1 unspecified atom stereocenters. The zero-order chi connectivity index (χ0) is 18.6. The van der Waals surface area contributed by atoms with E-state index in [1.165, 1.54) is 0 Å². The van der Waals surface area contributed by atoms with Gasteiger partial charge < -0.3 is 19.7 Å². The molecular weight excluding hydrogens is 346 g/mol. The molecule has 2 fully saturated rings.